The zero-order chi connectivity index (χ0) is 14.0. The number of hydrogen-bond donors (Lipinski definition) is 2. The summed E-state index contributed by atoms with van der Waals surface area (Å²) in [6.07, 6.45) is 4.44. The third-order valence-corrected chi connectivity index (χ3v) is 4.12. The van der Waals surface area contributed by atoms with Crippen LogP contribution in [0.25, 0.3) is 0 Å². The maximum Gasteiger partial charge on any atom is 0.244 e. The first-order chi connectivity index (χ1) is 8.90. The van der Waals surface area contributed by atoms with E-state index in [1.807, 2.05) is 6.92 Å². The minimum Gasteiger partial charge on any atom is -0.398 e. The number of nitrogens with zero attached hydrogens (tertiary/aromatic N) is 3. The minimum atomic E-state index is -3.67. The van der Waals surface area contributed by atoms with Gasteiger partial charge >= 0.3 is 0 Å². The molecule has 0 saturated heterocycles. The molecule has 2 rings (SSSR count). The van der Waals surface area contributed by atoms with Crippen molar-refractivity contribution in [1.29, 1.82) is 0 Å². The molecular formula is C11H15N5O2S. The quantitative estimate of drug-likeness (QED) is 0.832. The summed E-state index contributed by atoms with van der Waals surface area (Å²) in [6.45, 7) is 1.98. The molecule has 2 aromatic heterocycles. The van der Waals surface area contributed by atoms with Gasteiger partial charge in [0.2, 0.25) is 10.0 Å². The van der Waals surface area contributed by atoms with Crippen LogP contribution in [0.5, 0.6) is 0 Å². The molecule has 3 N–H and O–H groups in total. The molecule has 0 amide bonds. The van der Waals surface area contributed by atoms with Crippen LogP contribution in [0.1, 0.15) is 11.3 Å². The van der Waals surface area contributed by atoms with Crippen molar-refractivity contribution < 1.29 is 8.42 Å². The highest BCUT2D eigenvalue weighted by Gasteiger charge is 2.18. The van der Waals surface area contributed by atoms with E-state index in [0.29, 0.717) is 0 Å². The Bertz CT molecular complexity index is 693. The van der Waals surface area contributed by atoms with Gasteiger partial charge in [0.1, 0.15) is 4.90 Å². The van der Waals surface area contributed by atoms with Gasteiger partial charge in [0.25, 0.3) is 0 Å². The lowest BCUT2D eigenvalue weighted by Crippen LogP contribution is -2.24. The van der Waals surface area contributed by atoms with Crippen molar-refractivity contribution in [3.63, 3.8) is 0 Å². The van der Waals surface area contributed by atoms with Gasteiger partial charge in [0.15, 0.2) is 0 Å². The Morgan fingerprint density at radius 2 is 2.21 bits per heavy atom. The number of nitrogens with two attached hydrogens (primary N) is 1. The van der Waals surface area contributed by atoms with Crippen LogP contribution in [0.3, 0.4) is 0 Å². The molecule has 0 aliphatic heterocycles. The molecule has 0 aromatic carbocycles. The lowest BCUT2D eigenvalue weighted by Gasteiger charge is -2.07. The molecule has 0 atom stereocenters. The van der Waals surface area contributed by atoms with Crippen molar-refractivity contribution in [2.24, 2.45) is 7.05 Å². The summed E-state index contributed by atoms with van der Waals surface area (Å²) in [6, 6.07) is 1.45. The van der Waals surface area contributed by atoms with E-state index >= 15 is 0 Å². The van der Waals surface area contributed by atoms with Gasteiger partial charge in [-0.3, -0.25) is 9.67 Å². The zero-order valence-electron chi connectivity index (χ0n) is 10.7. The van der Waals surface area contributed by atoms with Gasteiger partial charge in [-0.15, -0.1) is 0 Å². The number of rotatable bonds is 4. The van der Waals surface area contributed by atoms with E-state index in [1.165, 1.54) is 18.5 Å². The third kappa shape index (κ3) is 2.91. The molecule has 0 unspecified atom stereocenters. The summed E-state index contributed by atoms with van der Waals surface area (Å²) < 4.78 is 28.3. The Labute approximate surface area is 111 Å². The van der Waals surface area contributed by atoms with Crippen LogP contribution in [0, 0.1) is 6.92 Å². The first kappa shape index (κ1) is 13.5. The molecular weight excluding hydrogens is 266 g/mol. The second-order valence-electron chi connectivity index (χ2n) is 4.15. The SMILES string of the molecule is Cc1nn(C)cc1CNS(=O)(=O)c1cnccc1N. The maximum atomic E-state index is 12.1. The smallest absolute Gasteiger partial charge is 0.244 e. The molecule has 102 valence electrons. The van der Waals surface area contributed by atoms with Crippen LogP contribution in [-0.2, 0) is 23.6 Å². The van der Waals surface area contributed by atoms with Crippen molar-refractivity contribution in [3.05, 3.63) is 35.9 Å². The van der Waals surface area contributed by atoms with Gasteiger partial charge in [0, 0.05) is 37.7 Å². The monoisotopic (exact) mass is 281 g/mol. The Hall–Kier alpha value is -1.93. The van der Waals surface area contributed by atoms with E-state index in [1.54, 1.807) is 17.9 Å². The van der Waals surface area contributed by atoms with E-state index in [-0.39, 0.29) is 17.1 Å². The zero-order valence-corrected chi connectivity index (χ0v) is 11.5. The van der Waals surface area contributed by atoms with Gasteiger partial charge < -0.3 is 5.73 Å². The highest BCUT2D eigenvalue weighted by atomic mass is 32.2. The lowest BCUT2D eigenvalue weighted by atomic mass is 10.3. The van der Waals surface area contributed by atoms with E-state index in [2.05, 4.69) is 14.8 Å². The predicted octanol–water partition coefficient (Wildman–Crippen LogP) is 0.184. The average molecular weight is 281 g/mol. The number of nitrogen functional groups attached to an aromatic ring is 1. The third-order valence-electron chi connectivity index (χ3n) is 2.67. The Morgan fingerprint density at radius 1 is 1.47 bits per heavy atom. The van der Waals surface area contributed by atoms with Gasteiger partial charge in [0.05, 0.1) is 11.4 Å². The summed E-state index contributed by atoms with van der Waals surface area (Å²) in [5.41, 5.74) is 7.40. The molecule has 2 aromatic rings. The number of anilines is 1. The summed E-state index contributed by atoms with van der Waals surface area (Å²) in [7, 11) is -1.89. The highest BCUT2D eigenvalue weighted by molar-refractivity contribution is 7.89. The summed E-state index contributed by atoms with van der Waals surface area (Å²) in [5, 5.41) is 4.15. The van der Waals surface area contributed by atoms with Crippen LogP contribution in [0.4, 0.5) is 5.69 Å². The largest absolute Gasteiger partial charge is 0.398 e. The van der Waals surface area contributed by atoms with E-state index < -0.39 is 10.0 Å². The van der Waals surface area contributed by atoms with E-state index in [0.717, 1.165) is 11.3 Å². The molecule has 0 aliphatic carbocycles. The fourth-order valence-electron chi connectivity index (χ4n) is 1.69. The molecule has 8 heteroatoms. The first-order valence-corrected chi connectivity index (χ1v) is 7.07. The van der Waals surface area contributed by atoms with Gasteiger partial charge in [-0.25, -0.2) is 13.1 Å². The fourth-order valence-corrected chi connectivity index (χ4v) is 2.77. The van der Waals surface area contributed by atoms with Gasteiger partial charge in [-0.05, 0) is 13.0 Å². The minimum absolute atomic E-state index is 0.0171. The van der Waals surface area contributed by atoms with Gasteiger partial charge in [-0.1, -0.05) is 0 Å². The summed E-state index contributed by atoms with van der Waals surface area (Å²) in [5.74, 6) is 0. The van der Waals surface area contributed by atoms with Crippen molar-refractivity contribution in [1.82, 2.24) is 19.5 Å². The maximum absolute atomic E-state index is 12.1. The fraction of sp³-hybridized carbons (Fsp3) is 0.273. The second-order valence-corrected chi connectivity index (χ2v) is 5.89. The number of pyridine rings is 1. The van der Waals surface area contributed by atoms with Gasteiger partial charge in [-0.2, -0.15) is 5.10 Å². The summed E-state index contributed by atoms with van der Waals surface area (Å²) in [4.78, 5) is 3.76. The molecule has 0 aliphatic rings. The first-order valence-electron chi connectivity index (χ1n) is 5.58. The Balaban J connectivity index is 2.19. The number of hydrogen-bond acceptors (Lipinski definition) is 5. The van der Waals surface area contributed by atoms with Crippen molar-refractivity contribution >= 4 is 15.7 Å². The molecule has 7 nitrogen and oxygen atoms in total. The topological polar surface area (TPSA) is 103 Å². The second kappa shape index (κ2) is 4.98. The molecule has 19 heavy (non-hydrogen) atoms. The molecule has 0 spiro atoms. The molecule has 0 bridgehead atoms. The van der Waals surface area contributed by atoms with Crippen molar-refractivity contribution in [3.8, 4) is 0 Å². The van der Waals surface area contributed by atoms with E-state index in [4.69, 9.17) is 5.73 Å². The van der Waals surface area contributed by atoms with Crippen LogP contribution in [0.15, 0.2) is 29.6 Å². The van der Waals surface area contributed by atoms with Crippen LogP contribution >= 0.6 is 0 Å². The van der Waals surface area contributed by atoms with E-state index in [9.17, 15) is 8.42 Å². The predicted molar refractivity (Wildman–Crippen MR) is 70.6 cm³/mol. The van der Waals surface area contributed by atoms with Crippen LogP contribution < -0.4 is 10.5 Å². The van der Waals surface area contributed by atoms with Crippen molar-refractivity contribution in [2.75, 3.05) is 5.73 Å². The Kier molecular flexibility index (Phi) is 3.54. The number of aryl methyl sites for hydroxylation is 2. The highest BCUT2D eigenvalue weighted by Crippen LogP contribution is 2.16. The van der Waals surface area contributed by atoms with Crippen LogP contribution in [0.2, 0.25) is 0 Å². The number of sulfonamides is 1. The summed E-state index contributed by atoms with van der Waals surface area (Å²) >= 11 is 0. The Morgan fingerprint density at radius 3 is 2.79 bits per heavy atom. The van der Waals surface area contributed by atoms with Crippen molar-refractivity contribution in [2.45, 2.75) is 18.4 Å². The molecule has 0 saturated carbocycles. The normalized spacial score (nSPS) is 11.7. The molecule has 0 radical (unpaired) electrons. The molecule has 2 heterocycles. The number of aromatic nitrogens is 3. The lowest BCUT2D eigenvalue weighted by molar-refractivity contribution is 0.581. The molecule has 0 fully saturated rings. The van der Waals surface area contributed by atoms with Crippen LogP contribution in [-0.4, -0.2) is 23.2 Å². The number of nitrogens with one attached hydrogen (secondary N) is 1. The standard InChI is InChI=1S/C11H15N5O2S/c1-8-9(7-16(2)15-8)5-14-19(17,18)11-6-13-4-3-10(11)12/h3-4,6-7,14H,5H2,1-2H3,(H2,12,13). The average Bonchev–Trinajstić information content (AvgIpc) is 2.66.